The fraction of sp³-hybridized carbons (Fsp3) is 0.654. The van der Waals surface area contributed by atoms with Crippen LogP contribution in [0.4, 0.5) is 0 Å². The molecule has 4 atom stereocenters. The molecule has 0 spiro atoms. The van der Waals surface area contributed by atoms with Gasteiger partial charge in [0.2, 0.25) is 11.8 Å². The summed E-state index contributed by atoms with van der Waals surface area (Å²) in [5.41, 5.74) is 5.73. The Bertz CT molecular complexity index is 1210. The Labute approximate surface area is 228 Å². The van der Waals surface area contributed by atoms with Crippen LogP contribution in [0.1, 0.15) is 50.0 Å². The molecule has 38 heavy (non-hydrogen) atoms. The number of nitrogens with two attached hydrogens (primary N) is 1. The maximum Gasteiger partial charge on any atom is 0.282 e. The van der Waals surface area contributed by atoms with Gasteiger partial charge in [-0.25, -0.2) is 0 Å². The second-order valence-corrected chi connectivity index (χ2v) is 13.2. The lowest BCUT2D eigenvalue weighted by Crippen LogP contribution is -2.63. The molecular formula is C26H34ClN5O5S. The number of hydrogen-bond donors (Lipinski definition) is 1. The average molecular weight is 564 g/mol. The van der Waals surface area contributed by atoms with Gasteiger partial charge in [-0.05, 0) is 56.2 Å². The molecule has 0 aromatic heterocycles. The third kappa shape index (κ3) is 4.71. The molecule has 2 amide bonds. The first-order valence-corrected chi connectivity index (χ1v) is 15.1. The molecule has 4 aliphatic rings. The van der Waals surface area contributed by atoms with Crippen LogP contribution in [-0.2, 0) is 24.5 Å². The maximum absolute atomic E-state index is 14.1. The molecule has 0 saturated carbocycles. The standard InChI is InChI=1S/C26H34ClN5O5S/c27-21-8-6-19(7-9-21)23(22-5-2-13-37-22)26(25(29)34)10-3-12-32(26)24(33)20-4-1-11-30(17-20)38(35,36)31-15-18(14-28)16-31/h6-9,18,20,22-23H,1-5,10-13,15-17H2,(H2,29,34)/t20-,22-,23+,26-/m0/s1. The number of rotatable bonds is 7. The third-order valence-corrected chi connectivity index (χ3v) is 10.8. The van der Waals surface area contributed by atoms with Crippen molar-refractivity contribution in [3.63, 3.8) is 0 Å². The highest BCUT2D eigenvalue weighted by atomic mass is 35.5. The minimum atomic E-state index is -3.76. The highest BCUT2D eigenvalue weighted by Crippen LogP contribution is 2.47. The lowest BCUT2D eigenvalue weighted by atomic mass is 9.72. The molecule has 206 valence electrons. The van der Waals surface area contributed by atoms with E-state index in [4.69, 9.17) is 27.3 Å². The summed E-state index contributed by atoms with van der Waals surface area (Å²) in [4.78, 5) is 29.1. The van der Waals surface area contributed by atoms with E-state index >= 15 is 0 Å². The van der Waals surface area contributed by atoms with Crippen molar-refractivity contribution in [2.45, 2.75) is 56.1 Å². The van der Waals surface area contributed by atoms with E-state index in [1.54, 1.807) is 17.0 Å². The largest absolute Gasteiger partial charge is 0.377 e. The van der Waals surface area contributed by atoms with Gasteiger partial charge in [0.15, 0.2) is 0 Å². The van der Waals surface area contributed by atoms with Crippen LogP contribution in [0.25, 0.3) is 0 Å². The van der Waals surface area contributed by atoms with Crippen LogP contribution in [0.5, 0.6) is 0 Å². The third-order valence-electron chi connectivity index (χ3n) is 8.61. The molecule has 1 aromatic carbocycles. The van der Waals surface area contributed by atoms with E-state index in [1.165, 1.54) is 8.61 Å². The van der Waals surface area contributed by atoms with E-state index in [-0.39, 0.29) is 37.6 Å². The van der Waals surface area contributed by atoms with Gasteiger partial charge in [-0.1, -0.05) is 23.7 Å². The predicted molar refractivity (Wildman–Crippen MR) is 140 cm³/mol. The van der Waals surface area contributed by atoms with Gasteiger partial charge in [-0.2, -0.15) is 22.3 Å². The van der Waals surface area contributed by atoms with Crippen LogP contribution in [-0.4, -0.2) is 84.7 Å². The summed E-state index contributed by atoms with van der Waals surface area (Å²) in [7, 11) is -3.76. The summed E-state index contributed by atoms with van der Waals surface area (Å²) < 4.78 is 35.1. The number of nitrogens with zero attached hydrogens (tertiary/aromatic N) is 4. The number of hydrogen-bond acceptors (Lipinski definition) is 6. The highest BCUT2D eigenvalue weighted by Gasteiger charge is 2.58. The molecule has 2 N–H and O–H groups in total. The van der Waals surface area contributed by atoms with Gasteiger partial charge in [-0.3, -0.25) is 9.59 Å². The van der Waals surface area contributed by atoms with Gasteiger partial charge in [-0.15, -0.1) is 0 Å². The fourth-order valence-corrected chi connectivity index (χ4v) is 8.58. The Morgan fingerprint density at radius 3 is 2.45 bits per heavy atom. The van der Waals surface area contributed by atoms with Gasteiger partial charge < -0.3 is 15.4 Å². The van der Waals surface area contributed by atoms with Gasteiger partial charge in [0.1, 0.15) is 5.54 Å². The zero-order chi connectivity index (χ0) is 27.1. The van der Waals surface area contributed by atoms with Crippen molar-refractivity contribution < 1.29 is 22.7 Å². The first-order chi connectivity index (χ1) is 18.2. The van der Waals surface area contributed by atoms with Crippen LogP contribution in [0.2, 0.25) is 5.02 Å². The second kappa shape index (κ2) is 10.7. The van der Waals surface area contributed by atoms with Crippen LogP contribution in [0.3, 0.4) is 0 Å². The van der Waals surface area contributed by atoms with Crippen molar-refractivity contribution in [3.05, 3.63) is 34.9 Å². The number of benzene rings is 1. The first kappa shape index (κ1) is 27.3. The van der Waals surface area contributed by atoms with E-state index in [0.29, 0.717) is 50.4 Å². The first-order valence-electron chi connectivity index (χ1n) is 13.3. The van der Waals surface area contributed by atoms with Crippen molar-refractivity contribution in [1.29, 1.82) is 5.26 Å². The van der Waals surface area contributed by atoms with Crippen molar-refractivity contribution in [1.82, 2.24) is 13.5 Å². The minimum absolute atomic E-state index is 0.0474. The SMILES string of the molecule is N#CC1CN(S(=O)(=O)N2CCC[C@H](C(=O)N3CCC[C@@]3(C(N)=O)[C@H](c3ccc(Cl)cc3)[C@@H]3CCCO3)C2)C1. The average Bonchev–Trinajstić information content (AvgIpc) is 3.56. The number of likely N-dealkylation sites (tertiary alicyclic amines) is 1. The molecule has 4 heterocycles. The number of nitriles is 1. The number of piperidine rings is 1. The Morgan fingerprint density at radius 2 is 1.82 bits per heavy atom. The lowest BCUT2D eigenvalue weighted by Gasteiger charge is -2.46. The summed E-state index contributed by atoms with van der Waals surface area (Å²) >= 11 is 6.16. The van der Waals surface area contributed by atoms with Crippen molar-refractivity contribution in [2.24, 2.45) is 17.6 Å². The quantitative estimate of drug-likeness (QED) is 0.537. The van der Waals surface area contributed by atoms with E-state index in [9.17, 15) is 18.0 Å². The van der Waals surface area contributed by atoms with Gasteiger partial charge in [0, 0.05) is 50.3 Å². The van der Waals surface area contributed by atoms with Gasteiger partial charge >= 0.3 is 0 Å². The summed E-state index contributed by atoms with van der Waals surface area (Å²) in [5.74, 6) is -2.15. The fourth-order valence-electron chi connectivity index (χ4n) is 6.66. The van der Waals surface area contributed by atoms with E-state index < -0.39 is 33.5 Å². The molecule has 4 saturated heterocycles. The summed E-state index contributed by atoms with van der Waals surface area (Å²) in [6, 6.07) is 9.38. The molecule has 1 aromatic rings. The zero-order valence-corrected chi connectivity index (χ0v) is 22.9. The zero-order valence-electron chi connectivity index (χ0n) is 21.3. The molecule has 0 radical (unpaired) electrons. The smallest absolute Gasteiger partial charge is 0.282 e. The Balaban J connectivity index is 1.43. The maximum atomic E-state index is 14.1. The van der Waals surface area contributed by atoms with Crippen LogP contribution in [0, 0.1) is 23.2 Å². The lowest BCUT2D eigenvalue weighted by molar-refractivity contribution is -0.151. The monoisotopic (exact) mass is 563 g/mol. The molecule has 0 aliphatic carbocycles. The second-order valence-electron chi connectivity index (χ2n) is 10.8. The number of amides is 2. The van der Waals surface area contributed by atoms with Crippen molar-refractivity contribution in [3.8, 4) is 6.07 Å². The Hall–Kier alpha value is -2.23. The number of carbonyl (C=O) groups is 2. The minimum Gasteiger partial charge on any atom is -0.377 e. The van der Waals surface area contributed by atoms with Crippen molar-refractivity contribution in [2.75, 3.05) is 39.3 Å². The van der Waals surface area contributed by atoms with Crippen LogP contribution in [0.15, 0.2) is 24.3 Å². The van der Waals surface area contributed by atoms with Crippen LogP contribution >= 0.6 is 11.6 Å². The molecular weight excluding hydrogens is 530 g/mol. The summed E-state index contributed by atoms with van der Waals surface area (Å²) in [6.07, 6.45) is 3.43. The van der Waals surface area contributed by atoms with Gasteiger partial charge in [0.05, 0.1) is 24.0 Å². The van der Waals surface area contributed by atoms with Crippen LogP contribution < -0.4 is 5.73 Å². The Morgan fingerprint density at radius 1 is 1.08 bits per heavy atom. The Kier molecular flexibility index (Phi) is 7.73. The van der Waals surface area contributed by atoms with Crippen molar-refractivity contribution >= 4 is 33.6 Å². The molecule has 12 heteroatoms. The highest BCUT2D eigenvalue weighted by molar-refractivity contribution is 7.86. The van der Waals surface area contributed by atoms with E-state index in [0.717, 1.165) is 18.4 Å². The topological polar surface area (TPSA) is 137 Å². The number of ether oxygens (including phenoxy) is 1. The molecule has 0 bridgehead atoms. The van der Waals surface area contributed by atoms with E-state index in [1.807, 2.05) is 12.1 Å². The summed E-state index contributed by atoms with van der Waals surface area (Å²) in [5, 5.41) is 9.61. The summed E-state index contributed by atoms with van der Waals surface area (Å²) in [6.45, 7) is 1.67. The molecule has 4 fully saturated rings. The van der Waals surface area contributed by atoms with Gasteiger partial charge in [0.25, 0.3) is 10.2 Å². The molecule has 0 unspecified atom stereocenters. The molecule has 4 aliphatic heterocycles. The normalized spacial score (nSPS) is 30.1. The number of primary amides is 1. The molecule has 5 rings (SSSR count). The molecule has 10 nitrogen and oxygen atoms in total. The number of carbonyl (C=O) groups excluding carboxylic acids is 2. The number of halogens is 1. The predicted octanol–water partition coefficient (Wildman–Crippen LogP) is 1.86. The van der Waals surface area contributed by atoms with E-state index in [2.05, 4.69) is 6.07 Å².